The lowest BCUT2D eigenvalue weighted by Gasteiger charge is -2.03. The van der Waals surface area contributed by atoms with E-state index in [0.717, 1.165) is 21.6 Å². The maximum atomic E-state index is 12.7. The number of fused-ring (bicyclic) bond motifs is 1. The minimum atomic E-state index is -0.424. The van der Waals surface area contributed by atoms with Crippen molar-refractivity contribution in [3.63, 3.8) is 0 Å². The Morgan fingerprint density at radius 2 is 1.60 bits per heavy atom. The van der Waals surface area contributed by atoms with Crippen LogP contribution in [0.5, 0.6) is 0 Å². The molecule has 0 fully saturated rings. The summed E-state index contributed by atoms with van der Waals surface area (Å²) < 4.78 is 1.43. The Bertz CT molecular complexity index is 1390. The smallest absolute Gasteiger partial charge is 0.265 e. The third kappa shape index (κ3) is 3.24. The van der Waals surface area contributed by atoms with Gasteiger partial charge in [-0.15, -0.1) is 15.3 Å². The Morgan fingerprint density at radius 3 is 2.33 bits per heavy atom. The first-order valence-electron chi connectivity index (χ1n) is 9.12. The Balaban J connectivity index is 1.49. The molecule has 3 aromatic heterocycles. The Hall–Kier alpha value is -4.53. The quantitative estimate of drug-likeness (QED) is 0.433. The fraction of sp³-hybridized carbons (Fsp3) is 0. The molecule has 5 rings (SSSR count). The van der Waals surface area contributed by atoms with Crippen molar-refractivity contribution in [1.29, 1.82) is 0 Å². The van der Waals surface area contributed by atoms with Gasteiger partial charge in [0.05, 0.1) is 18.1 Å². The van der Waals surface area contributed by atoms with Crippen LogP contribution in [0.2, 0.25) is 0 Å². The molecule has 0 aliphatic heterocycles. The molecule has 0 saturated heterocycles. The number of hydrogen-bond donors (Lipinski definition) is 0. The number of nitrogens with zero attached hydrogens (tertiary/aromatic N) is 8. The van der Waals surface area contributed by atoms with E-state index in [1.165, 1.54) is 10.9 Å². The first-order valence-corrected chi connectivity index (χ1v) is 9.12. The lowest BCUT2D eigenvalue weighted by atomic mass is 10.1. The number of benzene rings is 2. The molecular formula is C21H14N8O. The van der Waals surface area contributed by atoms with Gasteiger partial charge in [0.1, 0.15) is 5.39 Å². The van der Waals surface area contributed by atoms with E-state index in [0.29, 0.717) is 5.82 Å². The van der Waals surface area contributed by atoms with E-state index in [9.17, 15) is 4.79 Å². The highest BCUT2D eigenvalue weighted by atomic mass is 16.1. The van der Waals surface area contributed by atoms with E-state index >= 15 is 0 Å². The first-order chi connectivity index (χ1) is 14.8. The highest BCUT2D eigenvalue weighted by molar-refractivity contribution is 5.79. The van der Waals surface area contributed by atoms with Crippen LogP contribution in [-0.4, -0.2) is 41.3 Å². The van der Waals surface area contributed by atoms with Crippen LogP contribution in [0.1, 0.15) is 5.56 Å². The SMILES string of the molecule is O=c1c2cnn(-c3ccc(-c4ccccc4)nn3)c2nnn1/N=C/c1ccccc1. The summed E-state index contributed by atoms with van der Waals surface area (Å²) >= 11 is 0. The molecule has 0 saturated carbocycles. The predicted molar refractivity (Wildman–Crippen MR) is 111 cm³/mol. The number of hydrogen-bond acceptors (Lipinski definition) is 7. The largest absolute Gasteiger partial charge is 0.302 e. The Labute approximate surface area is 169 Å². The normalized spacial score (nSPS) is 11.3. The monoisotopic (exact) mass is 394 g/mol. The van der Waals surface area contributed by atoms with Gasteiger partial charge in [0.15, 0.2) is 11.5 Å². The van der Waals surface area contributed by atoms with Crippen molar-refractivity contribution in [2.45, 2.75) is 0 Å². The number of aromatic nitrogens is 7. The van der Waals surface area contributed by atoms with Crippen LogP contribution in [0.15, 0.2) is 88.9 Å². The molecule has 0 N–H and O–H groups in total. The van der Waals surface area contributed by atoms with Crippen molar-refractivity contribution in [1.82, 2.24) is 35.1 Å². The van der Waals surface area contributed by atoms with E-state index in [2.05, 4.69) is 30.7 Å². The topological polar surface area (TPSA) is 104 Å². The van der Waals surface area contributed by atoms with Crippen molar-refractivity contribution in [2.24, 2.45) is 5.10 Å². The third-order valence-corrected chi connectivity index (χ3v) is 4.43. The average Bonchev–Trinajstić information content (AvgIpc) is 3.25. The lowest BCUT2D eigenvalue weighted by Crippen LogP contribution is -2.21. The molecule has 9 nitrogen and oxygen atoms in total. The summed E-state index contributed by atoms with van der Waals surface area (Å²) in [4.78, 5) is 13.6. The van der Waals surface area contributed by atoms with Gasteiger partial charge >= 0.3 is 5.56 Å². The molecule has 2 aromatic carbocycles. The summed E-state index contributed by atoms with van der Waals surface area (Å²) in [6.07, 6.45) is 2.97. The summed E-state index contributed by atoms with van der Waals surface area (Å²) in [6, 6.07) is 22.7. The standard InChI is InChI=1S/C21H14N8O/c30-21-17-14-22-28(19-12-11-18(24-25-19)16-9-5-2-6-10-16)20(17)26-27-29(21)23-13-15-7-3-1-4-8-15/h1-14H/b23-13+. The molecule has 0 atom stereocenters. The van der Waals surface area contributed by atoms with Gasteiger partial charge in [0.2, 0.25) is 0 Å². The maximum absolute atomic E-state index is 12.7. The fourth-order valence-corrected chi connectivity index (χ4v) is 2.93. The summed E-state index contributed by atoms with van der Waals surface area (Å²) in [5.74, 6) is 0.434. The lowest BCUT2D eigenvalue weighted by molar-refractivity contribution is 0.635. The van der Waals surface area contributed by atoms with Crippen molar-refractivity contribution < 1.29 is 0 Å². The van der Waals surface area contributed by atoms with Gasteiger partial charge in [-0.2, -0.15) is 14.9 Å². The molecule has 0 aliphatic carbocycles. The zero-order chi connectivity index (χ0) is 20.3. The molecule has 0 spiro atoms. The van der Waals surface area contributed by atoms with E-state index in [4.69, 9.17) is 0 Å². The fourth-order valence-electron chi connectivity index (χ4n) is 2.93. The molecular weight excluding hydrogens is 380 g/mol. The second kappa shape index (κ2) is 7.47. The van der Waals surface area contributed by atoms with Gasteiger partial charge in [-0.05, 0) is 22.9 Å². The second-order valence-electron chi connectivity index (χ2n) is 6.38. The summed E-state index contributed by atoms with van der Waals surface area (Å²) in [5.41, 5.74) is 2.40. The van der Waals surface area contributed by atoms with Gasteiger partial charge in [-0.1, -0.05) is 65.5 Å². The molecule has 0 amide bonds. The van der Waals surface area contributed by atoms with Crippen LogP contribution in [0.25, 0.3) is 28.1 Å². The highest BCUT2D eigenvalue weighted by Crippen LogP contribution is 2.17. The van der Waals surface area contributed by atoms with Crippen molar-refractivity contribution in [2.75, 3.05) is 0 Å². The molecule has 0 bridgehead atoms. The molecule has 0 unspecified atom stereocenters. The van der Waals surface area contributed by atoms with Gasteiger partial charge in [0.25, 0.3) is 0 Å². The molecule has 0 radical (unpaired) electrons. The highest BCUT2D eigenvalue weighted by Gasteiger charge is 2.13. The van der Waals surface area contributed by atoms with Crippen LogP contribution in [0, 0.1) is 0 Å². The van der Waals surface area contributed by atoms with E-state index in [1.54, 1.807) is 12.3 Å². The van der Waals surface area contributed by atoms with Crippen LogP contribution >= 0.6 is 0 Å². The van der Waals surface area contributed by atoms with Crippen LogP contribution in [-0.2, 0) is 0 Å². The van der Waals surface area contributed by atoms with Crippen molar-refractivity contribution >= 4 is 17.2 Å². The minimum Gasteiger partial charge on any atom is -0.265 e. The molecule has 3 heterocycles. The first kappa shape index (κ1) is 17.6. The van der Waals surface area contributed by atoms with E-state index < -0.39 is 5.56 Å². The summed E-state index contributed by atoms with van der Waals surface area (Å²) in [7, 11) is 0. The molecule has 0 aliphatic rings. The van der Waals surface area contributed by atoms with Gasteiger partial charge in [-0.25, -0.2) is 0 Å². The minimum absolute atomic E-state index is 0.282. The zero-order valence-electron chi connectivity index (χ0n) is 15.6. The van der Waals surface area contributed by atoms with Crippen molar-refractivity contribution in [3.05, 3.63) is 94.9 Å². The molecule has 144 valence electrons. The van der Waals surface area contributed by atoms with Crippen molar-refractivity contribution in [3.8, 4) is 17.1 Å². The molecule has 5 aromatic rings. The maximum Gasteiger partial charge on any atom is 0.302 e. The van der Waals surface area contributed by atoms with Crippen LogP contribution in [0.3, 0.4) is 0 Å². The molecule has 30 heavy (non-hydrogen) atoms. The average molecular weight is 394 g/mol. The Kier molecular flexibility index (Phi) is 4.37. The number of rotatable bonds is 4. The van der Waals surface area contributed by atoms with Crippen LogP contribution in [0.4, 0.5) is 0 Å². The second-order valence-corrected chi connectivity index (χ2v) is 6.38. The van der Waals surface area contributed by atoms with Gasteiger partial charge in [-0.3, -0.25) is 4.79 Å². The molecule has 9 heteroatoms. The predicted octanol–water partition coefficient (Wildman–Crippen LogP) is 2.32. The summed E-state index contributed by atoms with van der Waals surface area (Å²) in [5, 5.41) is 25.1. The van der Waals surface area contributed by atoms with E-state index in [1.807, 2.05) is 66.7 Å². The van der Waals surface area contributed by atoms with Gasteiger partial charge in [0, 0.05) is 5.56 Å². The van der Waals surface area contributed by atoms with Crippen LogP contribution < -0.4 is 5.56 Å². The third-order valence-electron chi connectivity index (χ3n) is 4.43. The van der Waals surface area contributed by atoms with Gasteiger partial charge < -0.3 is 0 Å². The zero-order valence-corrected chi connectivity index (χ0v) is 15.6. The summed E-state index contributed by atoms with van der Waals surface area (Å²) in [6.45, 7) is 0. The Morgan fingerprint density at radius 1 is 0.833 bits per heavy atom. The van der Waals surface area contributed by atoms with E-state index in [-0.39, 0.29) is 11.0 Å².